The predicted molar refractivity (Wildman–Crippen MR) is 75.7 cm³/mol. The molecule has 4 heteroatoms. The SMILES string of the molecule is C1=NN(c2ccccc2)c2nncc3cccc1c23. The van der Waals surface area contributed by atoms with Crippen LogP contribution in [0.4, 0.5) is 11.5 Å². The zero-order chi connectivity index (χ0) is 12.7. The van der Waals surface area contributed by atoms with E-state index in [1.54, 1.807) is 6.20 Å². The van der Waals surface area contributed by atoms with Crippen LogP contribution in [0.25, 0.3) is 10.8 Å². The quantitative estimate of drug-likeness (QED) is 0.662. The van der Waals surface area contributed by atoms with Crippen molar-refractivity contribution in [3.8, 4) is 0 Å². The van der Waals surface area contributed by atoms with Crippen LogP contribution >= 0.6 is 0 Å². The minimum Gasteiger partial charge on any atom is -0.213 e. The summed E-state index contributed by atoms with van der Waals surface area (Å²) in [4.78, 5) is 0. The molecule has 2 heterocycles. The smallest absolute Gasteiger partial charge is 0.184 e. The molecule has 0 amide bonds. The first kappa shape index (κ1) is 10.2. The molecule has 2 aromatic carbocycles. The molecule has 0 spiro atoms. The van der Waals surface area contributed by atoms with Gasteiger partial charge in [0.1, 0.15) is 0 Å². The van der Waals surface area contributed by atoms with Crippen LogP contribution in [-0.2, 0) is 0 Å². The molecular formula is C15H10N4. The lowest BCUT2D eigenvalue weighted by Crippen LogP contribution is -2.16. The second-order valence-corrected chi connectivity index (χ2v) is 4.37. The first-order chi connectivity index (χ1) is 9.43. The maximum Gasteiger partial charge on any atom is 0.184 e. The third-order valence-corrected chi connectivity index (χ3v) is 3.22. The van der Waals surface area contributed by atoms with Gasteiger partial charge in [0.2, 0.25) is 0 Å². The maximum atomic E-state index is 4.47. The number of aromatic nitrogens is 2. The molecule has 0 radical (unpaired) electrons. The monoisotopic (exact) mass is 246 g/mol. The van der Waals surface area contributed by atoms with E-state index in [1.165, 1.54) is 0 Å². The van der Waals surface area contributed by atoms with Crippen molar-refractivity contribution in [1.29, 1.82) is 0 Å². The van der Waals surface area contributed by atoms with Crippen molar-refractivity contribution in [1.82, 2.24) is 10.2 Å². The van der Waals surface area contributed by atoms with Crippen molar-refractivity contribution < 1.29 is 0 Å². The average Bonchev–Trinajstić information content (AvgIpc) is 2.49. The second kappa shape index (κ2) is 3.88. The molecule has 0 N–H and O–H groups in total. The van der Waals surface area contributed by atoms with Crippen molar-refractivity contribution in [2.24, 2.45) is 5.10 Å². The van der Waals surface area contributed by atoms with E-state index in [0.29, 0.717) is 0 Å². The maximum absolute atomic E-state index is 4.47. The van der Waals surface area contributed by atoms with Crippen molar-refractivity contribution in [3.63, 3.8) is 0 Å². The lowest BCUT2D eigenvalue weighted by atomic mass is 10.1. The van der Waals surface area contributed by atoms with Gasteiger partial charge < -0.3 is 0 Å². The lowest BCUT2D eigenvalue weighted by Gasteiger charge is -2.22. The van der Waals surface area contributed by atoms with Crippen LogP contribution in [0.2, 0.25) is 0 Å². The Hall–Kier alpha value is -2.75. The molecule has 0 unspecified atom stereocenters. The van der Waals surface area contributed by atoms with Gasteiger partial charge in [0, 0.05) is 16.3 Å². The first-order valence-corrected chi connectivity index (χ1v) is 6.07. The van der Waals surface area contributed by atoms with E-state index in [-0.39, 0.29) is 0 Å². The number of nitrogens with zero attached hydrogens (tertiary/aromatic N) is 4. The normalized spacial score (nSPS) is 12.9. The molecule has 0 saturated heterocycles. The zero-order valence-corrected chi connectivity index (χ0v) is 10.1. The molecule has 90 valence electrons. The molecule has 1 aromatic heterocycles. The van der Waals surface area contributed by atoms with Gasteiger partial charge in [-0.25, -0.2) is 5.01 Å². The molecule has 4 nitrogen and oxygen atoms in total. The summed E-state index contributed by atoms with van der Waals surface area (Å²) < 4.78 is 0. The van der Waals surface area contributed by atoms with Gasteiger partial charge in [0.25, 0.3) is 0 Å². The number of hydrogen-bond donors (Lipinski definition) is 0. The molecule has 1 aliphatic rings. The van der Waals surface area contributed by atoms with Gasteiger partial charge in [0.15, 0.2) is 5.82 Å². The van der Waals surface area contributed by atoms with E-state index < -0.39 is 0 Å². The molecule has 3 aromatic rings. The molecule has 19 heavy (non-hydrogen) atoms. The molecule has 0 saturated carbocycles. The Kier molecular flexibility index (Phi) is 2.08. The highest BCUT2D eigenvalue weighted by molar-refractivity contribution is 6.08. The van der Waals surface area contributed by atoms with Gasteiger partial charge in [-0.3, -0.25) is 0 Å². The Morgan fingerprint density at radius 2 is 1.79 bits per heavy atom. The van der Waals surface area contributed by atoms with Crippen LogP contribution in [0.5, 0.6) is 0 Å². The van der Waals surface area contributed by atoms with Crippen LogP contribution < -0.4 is 5.01 Å². The minimum absolute atomic E-state index is 0.779. The Morgan fingerprint density at radius 3 is 2.68 bits per heavy atom. The second-order valence-electron chi connectivity index (χ2n) is 4.37. The van der Waals surface area contributed by atoms with E-state index in [9.17, 15) is 0 Å². The van der Waals surface area contributed by atoms with Gasteiger partial charge >= 0.3 is 0 Å². The number of benzene rings is 2. The van der Waals surface area contributed by atoms with E-state index in [2.05, 4.69) is 15.3 Å². The number of hydrazone groups is 1. The van der Waals surface area contributed by atoms with Crippen LogP contribution in [0.1, 0.15) is 5.56 Å². The standard InChI is InChI=1S/C15H10N4/c1-2-7-13(8-3-1)19-15-14-11(9-16-18-15)5-4-6-12(14)10-17-19/h1-10H. The third-order valence-electron chi connectivity index (χ3n) is 3.22. The summed E-state index contributed by atoms with van der Waals surface area (Å²) in [7, 11) is 0. The molecule has 0 fully saturated rings. The topological polar surface area (TPSA) is 41.4 Å². The minimum atomic E-state index is 0.779. The number of para-hydroxylation sites is 1. The number of hydrogen-bond acceptors (Lipinski definition) is 4. The summed E-state index contributed by atoms with van der Waals surface area (Å²) in [5, 5.41) is 16.8. The number of rotatable bonds is 1. The summed E-state index contributed by atoms with van der Waals surface area (Å²) in [5.74, 6) is 0.779. The van der Waals surface area contributed by atoms with Gasteiger partial charge in [-0.05, 0) is 12.1 Å². The fraction of sp³-hybridized carbons (Fsp3) is 0. The molecule has 0 atom stereocenters. The highest BCUT2D eigenvalue weighted by atomic mass is 15.5. The highest BCUT2D eigenvalue weighted by Gasteiger charge is 2.19. The third kappa shape index (κ3) is 1.50. The van der Waals surface area contributed by atoms with Crippen molar-refractivity contribution in [2.75, 3.05) is 5.01 Å². The Bertz CT molecular complexity index is 775. The Labute approximate surface area is 110 Å². The molecule has 4 rings (SSSR count). The fourth-order valence-electron chi connectivity index (χ4n) is 2.34. The molecule has 0 aliphatic carbocycles. The summed E-state index contributed by atoms with van der Waals surface area (Å²) in [5.41, 5.74) is 2.06. The average molecular weight is 246 g/mol. The van der Waals surface area contributed by atoms with E-state index in [4.69, 9.17) is 0 Å². The Morgan fingerprint density at radius 1 is 0.895 bits per heavy atom. The van der Waals surface area contributed by atoms with Gasteiger partial charge in [0.05, 0.1) is 18.1 Å². The van der Waals surface area contributed by atoms with Crippen molar-refractivity contribution in [2.45, 2.75) is 0 Å². The van der Waals surface area contributed by atoms with Gasteiger partial charge in [-0.2, -0.15) is 10.2 Å². The van der Waals surface area contributed by atoms with Crippen LogP contribution in [0, 0.1) is 0 Å². The largest absolute Gasteiger partial charge is 0.213 e. The van der Waals surface area contributed by atoms with Crippen molar-refractivity contribution in [3.05, 3.63) is 60.3 Å². The van der Waals surface area contributed by atoms with Crippen LogP contribution in [0.3, 0.4) is 0 Å². The Balaban J connectivity index is 2.01. The molecule has 1 aliphatic heterocycles. The summed E-state index contributed by atoms with van der Waals surface area (Å²) >= 11 is 0. The van der Waals surface area contributed by atoms with Gasteiger partial charge in [-0.1, -0.05) is 36.4 Å². The predicted octanol–water partition coefficient (Wildman–Crippen LogP) is 3.12. The zero-order valence-electron chi connectivity index (χ0n) is 10.1. The van der Waals surface area contributed by atoms with Crippen molar-refractivity contribution >= 4 is 28.5 Å². The summed E-state index contributed by atoms with van der Waals surface area (Å²) in [6.45, 7) is 0. The summed E-state index contributed by atoms with van der Waals surface area (Å²) in [6, 6.07) is 16.1. The van der Waals surface area contributed by atoms with Crippen LogP contribution in [0.15, 0.2) is 59.8 Å². The first-order valence-electron chi connectivity index (χ1n) is 6.07. The highest BCUT2D eigenvalue weighted by Crippen LogP contribution is 2.34. The summed E-state index contributed by atoms with van der Waals surface area (Å²) in [6.07, 6.45) is 3.65. The lowest BCUT2D eigenvalue weighted by molar-refractivity contribution is 0.966. The number of anilines is 2. The van der Waals surface area contributed by atoms with E-state index >= 15 is 0 Å². The molecular weight excluding hydrogens is 236 g/mol. The van der Waals surface area contributed by atoms with Gasteiger partial charge in [-0.15, -0.1) is 5.10 Å². The van der Waals surface area contributed by atoms with Crippen LogP contribution in [-0.4, -0.2) is 16.4 Å². The molecule has 0 bridgehead atoms. The van der Waals surface area contributed by atoms with E-state index in [1.807, 2.05) is 59.8 Å². The fourth-order valence-corrected chi connectivity index (χ4v) is 2.34. The van der Waals surface area contributed by atoms with E-state index in [0.717, 1.165) is 27.8 Å².